The molecule has 6 nitrogen and oxygen atoms in total. The zero-order chi connectivity index (χ0) is 11.8. The predicted octanol–water partition coefficient (Wildman–Crippen LogP) is 0.00630. The molecule has 15 heavy (non-hydrogen) atoms. The van der Waals surface area contributed by atoms with E-state index in [0.717, 1.165) is 0 Å². The maximum Gasteiger partial charge on any atom is 0.230 e. The molecular formula is C9H19N3O3. The number of rotatable bonds is 6. The fourth-order valence-electron chi connectivity index (χ4n) is 1.15. The number of carbonyl (C=O) groups is 1. The Morgan fingerprint density at radius 3 is 2.60 bits per heavy atom. The number of hydrogen-bond donors (Lipinski definition) is 2. The van der Waals surface area contributed by atoms with E-state index in [0.29, 0.717) is 13.2 Å². The third-order valence-electron chi connectivity index (χ3n) is 1.94. The molecule has 0 aromatic rings. The molecule has 0 unspecified atom stereocenters. The molecule has 6 heteroatoms. The number of methoxy groups -OCH3 is 1. The van der Waals surface area contributed by atoms with Crippen LogP contribution in [0.15, 0.2) is 5.16 Å². The molecule has 0 aromatic carbocycles. The van der Waals surface area contributed by atoms with E-state index >= 15 is 0 Å². The van der Waals surface area contributed by atoms with Crippen LogP contribution in [-0.2, 0) is 9.53 Å². The summed E-state index contributed by atoms with van der Waals surface area (Å²) in [6.07, 6.45) is -0.0710. The van der Waals surface area contributed by atoms with Gasteiger partial charge in [-0.05, 0) is 13.8 Å². The summed E-state index contributed by atoms with van der Waals surface area (Å²) in [5, 5.41) is 11.1. The van der Waals surface area contributed by atoms with E-state index in [4.69, 9.17) is 15.7 Å². The van der Waals surface area contributed by atoms with Gasteiger partial charge in [-0.2, -0.15) is 0 Å². The molecule has 88 valence electrons. The van der Waals surface area contributed by atoms with Crippen LogP contribution in [0.4, 0.5) is 0 Å². The number of hydrogen-bond acceptors (Lipinski definition) is 4. The van der Waals surface area contributed by atoms with Gasteiger partial charge in [0.2, 0.25) is 5.91 Å². The fourth-order valence-corrected chi connectivity index (χ4v) is 1.15. The van der Waals surface area contributed by atoms with Crippen molar-refractivity contribution >= 4 is 11.7 Å². The molecule has 0 spiro atoms. The fraction of sp³-hybridized carbons (Fsp3) is 0.778. The molecule has 0 aromatic heterocycles. The lowest BCUT2D eigenvalue weighted by Gasteiger charge is -2.26. The molecule has 0 atom stereocenters. The molecule has 0 radical (unpaired) electrons. The number of oxime groups is 1. The van der Waals surface area contributed by atoms with Crippen molar-refractivity contribution in [1.29, 1.82) is 0 Å². The Labute approximate surface area is 89.7 Å². The van der Waals surface area contributed by atoms with E-state index in [1.165, 1.54) is 0 Å². The first-order valence-electron chi connectivity index (χ1n) is 4.77. The van der Waals surface area contributed by atoms with Crippen LogP contribution in [0.25, 0.3) is 0 Å². The third-order valence-corrected chi connectivity index (χ3v) is 1.94. The zero-order valence-electron chi connectivity index (χ0n) is 9.43. The van der Waals surface area contributed by atoms with Gasteiger partial charge in [-0.25, -0.2) is 0 Å². The van der Waals surface area contributed by atoms with Gasteiger partial charge in [0.25, 0.3) is 0 Å². The predicted molar refractivity (Wildman–Crippen MR) is 56.8 cm³/mol. The molecule has 0 aliphatic rings. The Bertz CT molecular complexity index is 229. The van der Waals surface area contributed by atoms with E-state index in [-0.39, 0.29) is 24.2 Å². The van der Waals surface area contributed by atoms with Crippen LogP contribution in [0.1, 0.15) is 20.3 Å². The Hall–Kier alpha value is -1.30. The Morgan fingerprint density at radius 1 is 1.60 bits per heavy atom. The van der Waals surface area contributed by atoms with Gasteiger partial charge in [0, 0.05) is 19.7 Å². The number of nitrogens with zero attached hydrogens (tertiary/aromatic N) is 2. The largest absolute Gasteiger partial charge is 0.409 e. The lowest BCUT2D eigenvalue weighted by molar-refractivity contribution is -0.132. The molecule has 3 N–H and O–H groups in total. The van der Waals surface area contributed by atoms with Gasteiger partial charge >= 0.3 is 0 Å². The van der Waals surface area contributed by atoms with Crippen LogP contribution >= 0.6 is 0 Å². The molecule has 1 amide bonds. The molecule has 0 bridgehead atoms. The molecule has 0 fully saturated rings. The summed E-state index contributed by atoms with van der Waals surface area (Å²) in [6, 6.07) is 0.0687. The Balaban J connectivity index is 4.29. The van der Waals surface area contributed by atoms with E-state index in [1.54, 1.807) is 12.0 Å². The summed E-state index contributed by atoms with van der Waals surface area (Å²) in [4.78, 5) is 13.3. The van der Waals surface area contributed by atoms with E-state index in [9.17, 15) is 4.79 Å². The quantitative estimate of drug-likeness (QED) is 0.284. The minimum atomic E-state index is -0.169. The molecule has 0 saturated carbocycles. The molecule has 0 saturated heterocycles. The topological polar surface area (TPSA) is 88.2 Å². The summed E-state index contributed by atoms with van der Waals surface area (Å²) in [5.74, 6) is -0.250. The van der Waals surface area contributed by atoms with Crippen LogP contribution in [0, 0.1) is 0 Å². The van der Waals surface area contributed by atoms with Crippen LogP contribution in [0.5, 0.6) is 0 Å². The maximum atomic E-state index is 11.7. The normalized spacial score (nSPS) is 11.9. The van der Waals surface area contributed by atoms with Crippen molar-refractivity contribution in [1.82, 2.24) is 4.90 Å². The number of amidine groups is 1. The van der Waals surface area contributed by atoms with E-state index in [1.807, 2.05) is 13.8 Å². The second kappa shape index (κ2) is 7.05. The summed E-state index contributed by atoms with van der Waals surface area (Å²) < 4.78 is 4.90. The third kappa shape index (κ3) is 5.21. The van der Waals surface area contributed by atoms with Crippen LogP contribution < -0.4 is 5.73 Å². The first-order chi connectivity index (χ1) is 7.02. The standard InChI is InChI=1S/C9H19N3O3/c1-7(2)12(4-5-15-3)9(13)6-8(10)11-14/h7,14H,4-6H2,1-3H3,(H2,10,11). The molecule has 0 aliphatic carbocycles. The average molecular weight is 217 g/mol. The summed E-state index contributed by atoms with van der Waals surface area (Å²) >= 11 is 0. The summed E-state index contributed by atoms with van der Waals surface area (Å²) in [7, 11) is 1.58. The molecule has 0 heterocycles. The van der Waals surface area contributed by atoms with Gasteiger partial charge in [0.15, 0.2) is 0 Å². The van der Waals surface area contributed by atoms with Gasteiger partial charge in [-0.15, -0.1) is 0 Å². The van der Waals surface area contributed by atoms with E-state index < -0.39 is 0 Å². The van der Waals surface area contributed by atoms with Gasteiger partial charge < -0.3 is 20.6 Å². The van der Waals surface area contributed by atoms with Crippen LogP contribution in [0.3, 0.4) is 0 Å². The maximum absolute atomic E-state index is 11.7. The Kier molecular flexibility index (Phi) is 6.44. The summed E-state index contributed by atoms with van der Waals surface area (Å²) in [5.41, 5.74) is 5.26. The lowest BCUT2D eigenvalue weighted by Crippen LogP contribution is -2.41. The van der Waals surface area contributed by atoms with E-state index in [2.05, 4.69) is 5.16 Å². The smallest absolute Gasteiger partial charge is 0.230 e. The Morgan fingerprint density at radius 2 is 2.20 bits per heavy atom. The van der Waals surface area contributed by atoms with Gasteiger partial charge in [0.1, 0.15) is 5.84 Å². The van der Waals surface area contributed by atoms with Crippen molar-refractivity contribution in [2.45, 2.75) is 26.3 Å². The number of ether oxygens (including phenoxy) is 1. The highest BCUT2D eigenvalue weighted by Crippen LogP contribution is 2.01. The average Bonchev–Trinajstić information content (AvgIpc) is 2.17. The number of carbonyl (C=O) groups excluding carboxylic acids is 1. The monoisotopic (exact) mass is 217 g/mol. The van der Waals surface area contributed by atoms with Gasteiger partial charge in [-0.3, -0.25) is 4.79 Å². The second-order valence-corrected chi connectivity index (χ2v) is 3.44. The van der Waals surface area contributed by atoms with Gasteiger partial charge in [0.05, 0.1) is 13.0 Å². The van der Waals surface area contributed by atoms with Crippen molar-refractivity contribution in [3.63, 3.8) is 0 Å². The van der Waals surface area contributed by atoms with Crippen molar-refractivity contribution in [3.8, 4) is 0 Å². The van der Waals surface area contributed by atoms with Gasteiger partial charge in [-0.1, -0.05) is 5.16 Å². The summed E-state index contributed by atoms with van der Waals surface area (Å²) in [6.45, 7) is 4.78. The highest BCUT2D eigenvalue weighted by Gasteiger charge is 2.17. The first-order valence-corrected chi connectivity index (χ1v) is 4.77. The highest BCUT2D eigenvalue weighted by molar-refractivity contribution is 5.98. The SMILES string of the molecule is COCCN(C(=O)CC(N)=NO)C(C)C. The number of amides is 1. The van der Waals surface area contributed by atoms with Crippen molar-refractivity contribution < 1.29 is 14.7 Å². The van der Waals surface area contributed by atoms with Crippen molar-refractivity contribution in [2.75, 3.05) is 20.3 Å². The highest BCUT2D eigenvalue weighted by atomic mass is 16.5. The molecular weight excluding hydrogens is 198 g/mol. The first kappa shape index (κ1) is 13.7. The minimum absolute atomic E-state index is 0.0687. The van der Waals surface area contributed by atoms with Crippen LogP contribution in [0.2, 0.25) is 0 Å². The minimum Gasteiger partial charge on any atom is -0.409 e. The lowest BCUT2D eigenvalue weighted by atomic mass is 10.2. The van der Waals surface area contributed by atoms with Crippen molar-refractivity contribution in [2.24, 2.45) is 10.9 Å². The molecule has 0 aliphatic heterocycles. The second-order valence-electron chi connectivity index (χ2n) is 3.44. The van der Waals surface area contributed by atoms with Crippen molar-refractivity contribution in [3.05, 3.63) is 0 Å². The van der Waals surface area contributed by atoms with Crippen LogP contribution in [-0.4, -0.2) is 48.2 Å². The number of nitrogens with two attached hydrogens (primary N) is 1. The zero-order valence-corrected chi connectivity index (χ0v) is 9.43. The molecule has 0 rings (SSSR count).